The minimum atomic E-state index is -0.991. The van der Waals surface area contributed by atoms with Crippen LogP contribution in [0.4, 0.5) is 8.78 Å². The van der Waals surface area contributed by atoms with Gasteiger partial charge in [-0.15, -0.1) is 0 Å². The average molecular weight is 296 g/mol. The zero-order chi connectivity index (χ0) is 15.2. The van der Waals surface area contributed by atoms with Crippen molar-refractivity contribution in [1.29, 1.82) is 0 Å². The molecule has 0 heterocycles. The van der Waals surface area contributed by atoms with Gasteiger partial charge in [-0.1, -0.05) is 6.92 Å². The fourth-order valence-electron chi connectivity index (χ4n) is 2.70. The Hall–Kier alpha value is -1.49. The lowest BCUT2D eigenvalue weighted by Gasteiger charge is -2.29. The van der Waals surface area contributed by atoms with Gasteiger partial charge in [0.1, 0.15) is 0 Å². The van der Waals surface area contributed by atoms with Crippen molar-refractivity contribution in [3.05, 3.63) is 35.4 Å². The van der Waals surface area contributed by atoms with Crippen molar-refractivity contribution >= 4 is 5.91 Å². The fraction of sp³-hybridized carbons (Fsp3) is 0.562. The van der Waals surface area contributed by atoms with Gasteiger partial charge in [-0.2, -0.15) is 0 Å². The molecule has 0 atom stereocenters. The van der Waals surface area contributed by atoms with Crippen LogP contribution in [-0.4, -0.2) is 24.5 Å². The predicted molar refractivity (Wildman–Crippen MR) is 78.2 cm³/mol. The van der Waals surface area contributed by atoms with E-state index in [0.29, 0.717) is 6.04 Å². The van der Waals surface area contributed by atoms with Crippen LogP contribution in [0.15, 0.2) is 18.2 Å². The highest BCUT2D eigenvalue weighted by molar-refractivity contribution is 5.94. The first kappa shape index (κ1) is 15.9. The lowest BCUT2D eigenvalue weighted by molar-refractivity contribution is 0.0923. The van der Waals surface area contributed by atoms with E-state index in [4.69, 9.17) is 0 Å². The predicted octanol–water partition coefficient (Wildman–Crippen LogP) is 3.01. The highest BCUT2D eigenvalue weighted by Gasteiger charge is 2.22. The molecule has 0 aliphatic heterocycles. The summed E-state index contributed by atoms with van der Waals surface area (Å²) in [6.07, 6.45) is 5.01. The summed E-state index contributed by atoms with van der Waals surface area (Å²) in [7, 11) is 0. The molecule has 0 bridgehead atoms. The summed E-state index contributed by atoms with van der Waals surface area (Å²) in [6.45, 7) is 3.16. The van der Waals surface area contributed by atoms with Crippen LogP contribution >= 0.6 is 0 Å². The van der Waals surface area contributed by atoms with Gasteiger partial charge in [0.2, 0.25) is 0 Å². The maximum atomic E-state index is 13.1. The van der Waals surface area contributed by atoms with Gasteiger partial charge in [-0.05, 0) is 56.8 Å². The number of hydrogen-bond acceptors (Lipinski definition) is 2. The first-order chi connectivity index (χ1) is 10.1. The summed E-state index contributed by atoms with van der Waals surface area (Å²) in [4.78, 5) is 12.0. The Kier molecular flexibility index (Phi) is 5.67. The normalized spacial score (nSPS) is 22.0. The molecule has 1 aromatic rings. The second-order valence-corrected chi connectivity index (χ2v) is 5.61. The molecule has 0 aromatic heterocycles. The molecule has 2 N–H and O–H groups in total. The van der Waals surface area contributed by atoms with Crippen LogP contribution in [0.1, 0.15) is 49.4 Å². The Labute approximate surface area is 124 Å². The van der Waals surface area contributed by atoms with Crippen LogP contribution in [0.2, 0.25) is 0 Å². The summed E-state index contributed by atoms with van der Waals surface area (Å²) in [5, 5.41) is 6.39. The minimum Gasteiger partial charge on any atom is -0.349 e. The van der Waals surface area contributed by atoms with Crippen molar-refractivity contribution in [2.45, 2.75) is 51.1 Å². The zero-order valence-electron chi connectivity index (χ0n) is 12.3. The van der Waals surface area contributed by atoms with Crippen LogP contribution in [0.25, 0.3) is 0 Å². The number of halogens is 2. The molecule has 1 aromatic carbocycles. The van der Waals surface area contributed by atoms with E-state index in [0.717, 1.165) is 50.8 Å². The van der Waals surface area contributed by atoms with E-state index in [1.54, 1.807) is 0 Å². The van der Waals surface area contributed by atoms with Gasteiger partial charge in [0, 0.05) is 17.6 Å². The van der Waals surface area contributed by atoms with Crippen LogP contribution in [0, 0.1) is 11.6 Å². The van der Waals surface area contributed by atoms with Gasteiger partial charge in [-0.3, -0.25) is 4.79 Å². The molecule has 21 heavy (non-hydrogen) atoms. The molecule has 5 heteroatoms. The topological polar surface area (TPSA) is 41.1 Å². The number of hydrogen-bond donors (Lipinski definition) is 2. The lowest BCUT2D eigenvalue weighted by Crippen LogP contribution is -2.42. The summed E-state index contributed by atoms with van der Waals surface area (Å²) in [6, 6.07) is 3.88. The van der Waals surface area contributed by atoms with Crippen molar-refractivity contribution in [3.63, 3.8) is 0 Å². The molecule has 3 nitrogen and oxygen atoms in total. The SMILES string of the molecule is CCCNC1CCC(NC(=O)c2ccc(F)c(F)c2)CC1. The Balaban J connectivity index is 1.82. The van der Waals surface area contributed by atoms with E-state index >= 15 is 0 Å². The summed E-state index contributed by atoms with van der Waals surface area (Å²) in [5.74, 6) is -2.26. The maximum Gasteiger partial charge on any atom is 0.251 e. The van der Waals surface area contributed by atoms with E-state index in [1.807, 2.05) is 0 Å². The summed E-state index contributed by atoms with van der Waals surface area (Å²) in [5.41, 5.74) is 0.167. The molecule has 0 radical (unpaired) electrons. The van der Waals surface area contributed by atoms with E-state index in [1.165, 1.54) is 6.07 Å². The van der Waals surface area contributed by atoms with Crippen LogP contribution in [0.5, 0.6) is 0 Å². The van der Waals surface area contributed by atoms with Crippen LogP contribution in [0.3, 0.4) is 0 Å². The number of rotatable bonds is 5. The van der Waals surface area contributed by atoms with Gasteiger partial charge >= 0.3 is 0 Å². The number of amides is 1. The zero-order valence-corrected chi connectivity index (χ0v) is 12.3. The molecule has 0 unspecified atom stereocenters. The molecule has 0 spiro atoms. The molecular weight excluding hydrogens is 274 g/mol. The van der Waals surface area contributed by atoms with E-state index in [2.05, 4.69) is 17.6 Å². The molecule has 1 aliphatic carbocycles. The van der Waals surface area contributed by atoms with E-state index in [9.17, 15) is 13.6 Å². The van der Waals surface area contributed by atoms with E-state index in [-0.39, 0.29) is 17.5 Å². The summed E-state index contributed by atoms with van der Waals surface area (Å²) < 4.78 is 26.0. The highest BCUT2D eigenvalue weighted by atomic mass is 19.2. The Morgan fingerprint density at radius 3 is 2.43 bits per heavy atom. The van der Waals surface area contributed by atoms with Crippen molar-refractivity contribution in [1.82, 2.24) is 10.6 Å². The third-order valence-electron chi connectivity index (χ3n) is 3.93. The van der Waals surface area contributed by atoms with Crippen molar-refractivity contribution < 1.29 is 13.6 Å². The van der Waals surface area contributed by atoms with Crippen LogP contribution in [-0.2, 0) is 0 Å². The molecule has 116 valence electrons. The average Bonchev–Trinajstić information content (AvgIpc) is 2.49. The highest BCUT2D eigenvalue weighted by Crippen LogP contribution is 2.19. The standard InChI is InChI=1S/C16H22F2N2O/c1-2-9-19-12-4-6-13(7-5-12)20-16(21)11-3-8-14(17)15(18)10-11/h3,8,10,12-13,19H,2,4-7,9H2,1H3,(H,20,21). The second kappa shape index (κ2) is 7.50. The largest absolute Gasteiger partial charge is 0.349 e. The quantitative estimate of drug-likeness (QED) is 0.877. The molecular formula is C16H22F2N2O. The molecule has 2 rings (SSSR count). The number of nitrogens with one attached hydrogen (secondary N) is 2. The number of benzene rings is 1. The smallest absolute Gasteiger partial charge is 0.251 e. The first-order valence-electron chi connectivity index (χ1n) is 7.59. The Morgan fingerprint density at radius 2 is 1.81 bits per heavy atom. The molecule has 1 aliphatic rings. The van der Waals surface area contributed by atoms with Crippen molar-refractivity contribution in [2.75, 3.05) is 6.54 Å². The van der Waals surface area contributed by atoms with Gasteiger partial charge in [0.15, 0.2) is 11.6 Å². The Morgan fingerprint density at radius 1 is 1.14 bits per heavy atom. The van der Waals surface area contributed by atoms with Crippen molar-refractivity contribution in [2.24, 2.45) is 0 Å². The lowest BCUT2D eigenvalue weighted by atomic mass is 9.91. The molecule has 0 saturated heterocycles. The number of carbonyl (C=O) groups is 1. The van der Waals surface area contributed by atoms with Crippen LogP contribution < -0.4 is 10.6 Å². The third kappa shape index (κ3) is 4.49. The van der Waals surface area contributed by atoms with Crippen molar-refractivity contribution in [3.8, 4) is 0 Å². The van der Waals surface area contributed by atoms with Gasteiger partial charge in [0.25, 0.3) is 5.91 Å². The second-order valence-electron chi connectivity index (χ2n) is 5.61. The molecule has 1 fully saturated rings. The fourth-order valence-corrected chi connectivity index (χ4v) is 2.70. The van der Waals surface area contributed by atoms with Gasteiger partial charge in [0.05, 0.1) is 0 Å². The maximum absolute atomic E-state index is 13.1. The van der Waals surface area contributed by atoms with Gasteiger partial charge < -0.3 is 10.6 Å². The minimum absolute atomic E-state index is 0.116. The van der Waals surface area contributed by atoms with E-state index < -0.39 is 11.6 Å². The first-order valence-corrected chi connectivity index (χ1v) is 7.59. The van der Waals surface area contributed by atoms with Gasteiger partial charge in [-0.25, -0.2) is 8.78 Å². The number of carbonyl (C=O) groups excluding carboxylic acids is 1. The molecule has 1 amide bonds. The summed E-state index contributed by atoms with van der Waals surface area (Å²) >= 11 is 0. The Bertz CT molecular complexity index is 485. The molecule has 1 saturated carbocycles. The third-order valence-corrected chi connectivity index (χ3v) is 3.93. The monoisotopic (exact) mass is 296 g/mol.